The third-order valence-corrected chi connectivity index (χ3v) is 7.29. The van der Waals surface area contributed by atoms with E-state index in [4.69, 9.17) is 0 Å². The molecule has 2 heterocycles. The molecule has 0 atom stereocenters. The van der Waals surface area contributed by atoms with Gasteiger partial charge in [-0.15, -0.1) is 22.7 Å². The van der Waals surface area contributed by atoms with Gasteiger partial charge in [-0.2, -0.15) is 0 Å². The molecule has 2 N–H and O–H groups in total. The van der Waals surface area contributed by atoms with E-state index >= 15 is 0 Å². The van der Waals surface area contributed by atoms with E-state index in [0.717, 1.165) is 26.2 Å². The lowest BCUT2D eigenvalue weighted by Crippen LogP contribution is -2.14. The predicted octanol–water partition coefficient (Wildman–Crippen LogP) is 6.48. The fourth-order valence-corrected chi connectivity index (χ4v) is 5.38. The first-order valence-corrected chi connectivity index (χ1v) is 12.0. The van der Waals surface area contributed by atoms with Crippen LogP contribution in [0.25, 0.3) is 0 Å². The normalized spacial score (nSPS) is 10.6. The number of anilines is 2. The second kappa shape index (κ2) is 9.47. The molecule has 0 saturated heterocycles. The van der Waals surface area contributed by atoms with Crippen molar-refractivity contribution in [3.63, 3.8) is 0 Å². The monoisotopic (exact) mass is 465 g/mol. The summed E-state index contributed by atoms with van der Waals surface area (Å²) < 4.78 is 0.995. The highest BCUT2D eigenvalue weighted by atomic mass is 32.2. The Hall–Kier alpha value is -2.94. The van der Waals surface area contributed by atoms with Crippen molar-refractivity contribution >= 4 is 57.6 Å². The van der Waals surface area contributed by atoms with Gasteiger partial charge in [0.25, 0.3) is 11.8 Å². The number of aryl methyl sites for hydroxylation is 2. The van der Waals surface area contributed by atoms with Gasteiger partial charge in [0, 0.05) is 32.9 Å². The minimum absolute atomic E-state index is 0.188. The average Bonchev–Trinajstić information content (AvgIpc) is 3.42. The molecule has 8 heteroatoms. The molecule has 0 saturated carbocycles. The zero-order chi connectivity index (χ0) is 21.8. The summed E-state index contributed by atoms with van der Waals surface area (Å²) >= 11 is 4.60. The number of carbonyl (C=O) groups is 2. The van der Waals surface area contributed by atoms with Gasteiger partial charge < -0.3 is 10.6 Å². The van der Waals surface area contributed by atoms with Crippen molar-refractivity contribution in [1.82, 2.24) is 4.98 Å². The minimum Gasteiger partial charge on any atom is -0.322 e. The number of aromatic nitrogens is 1. The largest absolute Gasteiger partial charge is 0.322 e. The molecule has 0 aliphatic carbocycles. The van der Waals surface area contributed by atoms with E-state index in [1.807, 2.05) is 48.9 Å². The van der Waals surface area contributed by atoms with Gasteiger partial charge in [-0.05, 0) is 67.3 Å². The average molecular weight is 466 g/mol. The second-order valence-electron chi connectivity index (χ2n) is 6.80. The van der Waals surface area contributed by atoms with Crippen LogP contribution >= 0.6 is 34.4 Å². The summed E-state index contributed by atoms with van der Waals surface area (Å²) in [4.78, 5) is 31.2. The van der Waals surface area contributed by atoms with Gasteiger partial charge in [-0.3, -0.25) is 9.59 Å². The lowest BCUT2D eigenvalue weighted by atomic mass is 10.1. The number of hydrogen-bond donors (Lipinski definition) is 2. The Morgan fingerprint density at radius 3 is 2.52 bits per heavy atom. The van der Waals surface area contributed by atoms with Crippen LogP contribution in [0.5, 0.6) is 0 Å². The van der Waals surface area contributed by atoms with Crippen molar-refractivity contribution in [2.45, 2.75) is 23.1 Å². The summed E-state index contributed by atoms with van der Waals surface area (Å²) in [5, 5.41) is 9.67. The molecule has 0 aliphatic rings. The minimum atomic E-state index is -0.230. The molecule has 2 amide bonds. The highest BCUT2D eigenvalue weighted by Crippen LogP contribution is 2.32. The third kappa shape index (κ3) is 5.41. The van der Waals surface area contributed by atoms with Gasteiger partial charge in [0.1, 0.15) is 0 Å². The van der Waals surface area contributed by atoms with Crippen LogP contribution in [0.2, 0.25) is 0 Å². The number of thiazole rings is 1. The molecular formula is C23H19N3O2S3. The van der Waals surface area contributed by atoms with Crippen molar-refractivity contribution in [2.24, 2.45) is 0 Å². The molecule has 0 spiro atoms. The topological polar surface area (TPSA) is 71.1 Å². The van der Waals surface area contributed by atoms with Gasteiger partial charge in [0.2, 0.25) is 0 Å². The first kappa shape index (κ1) is 21.3. The van der Waals surface area contributed by atoms with E-state index in [1.54, 1.807) is 53.4 Å². The predicted molar refractivity (Wildman–Crippen MR) is 129 cm³/mol. The molecule has 156 valence electrons. The number of rotatable bonds is 6. The quantitative estimate of drug-likeness (QED) is 0.342. The van der Waals surface area contributed by atoms with Gasteiger partial charge in [-0.25, -0.2) is 4.98 Å². The van der Waals surface area contributed by atoms with E-state index in [1.165, 1.54) is 11.3 Å². The lowest BCUT2D eigenvalue weighted by molar-refractivity contribution is 0.101. The summed E-state index contributed by atoms with van der Waals surface area (Å²) in [7, 11) is 0. The zero-order valence-corrected chi connectivity index (χ0v) is 19.3. The van der Waals surface area contributed by atoms with Crippen LogP contribution in [0.15, 0.2) is 74.6 Å². The Balaban J connectivity index is 1.43. The number of thiophene rings is 1. The maximum atomic E-state index is 12.8. The van der Waals surface area contributed by atoms with E-state index in [0.29, 0.717) is 16.1 Å². The zero-order valence-electron chi connectivity index (χ0n) is 16.8. The van der Waals surface area contributed by atoms with Gasteiger partial charge in [0.15, 0.2) is 4.34 Å². The smallest absolute Gasteiger partial charge is 0.265 e. The van der Waals surface area contributed by atoms with Crippen molar-refractivity contribution in [3.8, 4) is 0 Å². The molecule has 31 heavy (non-hydrogen) atoms. The number of amides is 2. The van der Waals surface area contributed by atoms with Crippen molar-refractivity contribution in [3.05, 3.63) is 87.1 Å². The summed E-state index contributed by atoms with van der Waals surface area (Å²) in [5.41, 5.74) is 3.78. The molecule has 0 bridgehead atoms. The Kier molecular flexibility index (Phi) is 6.50. The molecule has 0 aliphatic heterocycles. The molecule has 4 rings (SSSR count). The Morgan fingerprint density at radius 2 is 1.81 bits per heavy atom. The summed E-state index contributed by atoms with van der Waals surface area (Å²) in [6.45, 7) is 3.94. The van der Waals surface area contributed by atoms with E-state index < -0.39 is 0 Å². The summed E-state index contributed by atoms with van der Waals surface area (Å²) in [6.07, 6.45) is 0. The first-order chi connectivity index (χ1) is 15.0. The molecule has 0 fully saturated rings. The number of hydrogen-bond acceptors (Lipinski definition) is 6. The van der Waals surface area contributed by atoms with Crippen molar-refractivity contribution in [2.75, 3.05) is 10.6 Å². The first-order valence-electron chi connectivity index (χ1n) is 9.45. The molecule has 0 unspecified atom stereocenters. The number of nitrogens with zero attached hydrogens (tertiary/aromatic N) is 1. The van der Waals surface area contributed by atoms with E-state index in [-0.39, 0.29) is 11.8 Å². The van der Waals surface area contributed by atoms with Crippen molar-refractivity contribution in [1.29, 1.82) is 0 Å². The van der Waals surface area contributed by atoms with E-state index in [2.05, 4.69) is 15.6 Å². The summed E-state index contributed by atoms with van der Waals surface area (Å²) in [6, 6.07) is 16.4. The van der Waals surface area contributed by atoms with Crippen molar-refractivity contribution < 1.29 is 9.59 Å². The fraction of sp³-hybridized carbons (Fsp3) is 0.0870. The Bertz CT molecular complexity index is 1230. The molecule has 0 radical (unpaired) electrons. The van der Waals surface area contributed by atoms with Crippen LogP contribution in [0.1, 0.15) is 31.3 Å². The third-order valence-electron chi connectivity index (χ3n) is 4.38. The SMILES string of the molecule is Cc1csc(Sc2ccc(NC(=O)c3cccc(NC(=O)c4cccs4)c3)c(C)c2)n1. The van der Waals surface area contributed by atoms with Crippen LogP contribution < -0.4 is 10.6 Å². The lowest BCUT2D eigenvalue weighted by Gasteiger charge is -2.11. The number of benzene rings is 2. The van der Waals surface area contributed by atoms with Crippen LogP contribution in [-0.4, -0.2) is 16.8 Å². The number of nitrogens with one attached hydrogen (secondary N) is 2. The Labute approximate surface area is 192 Å². The second-order valence-corrected chi connectivity index (χ2v) is 9.93. The standard InChI is InChI=1S/C23H19N3O2S3/c1-14-11-18(31-23-24-15(2)13-30-23)8-9-19(14)26-21(27)16-5-3-6-17(12-16)25-22(28)20-7-4-10-29-20/h3-13H,1-2H3,(H,25,28)(H,26,27). The van der Waals surface area contributed by atoms with Gasteiger partial charge in [0.05, 0.1) is 4.88 Å². The maximum Gasteiger partial charge on any atom is 0.265 e. The van der Waals surface area contributed by atoms with Crippen LogP contribution in [0, 0.1) is 13.8 Å². The molecule has 4 aromatic rings. The highest BCUT2D eigenvalue weighted by molar-refractivity contribution is 8.01. The van der Waals surface area contributed by atoms with Gasteiger partial charge >= 0.3 is 0 Å². The number of carbonyl (C=O) groups excluding carboxylic acids is 2. The molecule has 2 aromatic carbocycles. The van der Waals surface area contributed by atoms with Crippen LogP contribution in [0.3, 0.4) is 0 Å². The fourth-order valence-electron chi connectivity index (χ4n) is 2.85. The summed E-state index contributed by atoms with van der Waals surface area (Å²) in [5.74, 6) is -0.418. The van der Waals surface area contributed by atoms with Crippen LogP contribution in [0.4, 0.5) is 11.4 Å². The Morgan fingerprint density at radius 1 is 0.935 bits per heavy atom. The molecular weight excluding hydrogens is 446 g/mol. The highest BCUT2D eigenvalue weighted by Gasteiger charge is 2.12. The maximum absolute atomic E-state index is 12.8. The molecule has 2 aromatic heterocycles. The van der Waals surface area contributed by atoms with E-state index in [9.17, 15) is 9.59 Å². The molecule has 5 nitrogen and oxygen atoms in total. The van der Waals surface area contributed by atoms with Crippen LogP contribution in [-0.2, 0) is 0 Å². The van der Waals surface area contributed by atoms with Gasteiger partial charge in [-0.1, -0.05) is 23.9 Å².